The number of rotatable bonds is 7. The third kappa shape index (κ3) is 6.42. The molecule has 0 rings (SSSR count). The molecule has 14 heavy (non-hydrogen) atoms. The summed E-state index contributed by atoms with van der Waals surface area (Å²) in [5.74, 6) is 0. The highest BCUT2D eigenvalue weighted by molar-refractivity contribution is 6.83. The molecule has 0 atom stereocenters. The van der Waals surface area contributed by atoms with Gasteiger partial charge in [-0.1, -0.05) is 63.5 Å². The topological polar surface area (TPSA) is 0 Å². The molecule has 0 aliphatic rings. The van der Waals surface area contributed by atoms with E-state index in [4.69, 9.17) is 0 Å². The molecule has 0 spiro atoms. The normalized spacial score (nSPS) is 13.4. The van der Waals surface area contributed by atoms with Gasteiger partial charge in [0.2, 0.25) is 0 Å². The minimum atomic E-state index is -0.994. The minimum absolute atomic E-state index is 0.994. The largest absolute Gasteiger partial charge is 0.0923 e. The predicted molar refractivity (Wildman–Crippen MR) is 70.5 cm³/mol. The Balaban J connectivity index is 3.66. The number of allylic oxidation sites excluding steroid dienone is 2. The van der Waals surface area contributed by atoms with Crippen LogP contribution in [0.3, 0.4) is 0 Å². The second-order valence-corrected chi connectivity index (χ2v) is 10.4. The molecule has 0 radical (unpaired) electrons. The van der Waals surface area contributed by atoms with Gasteiger partial charge in [0.1, 0.15) is 0 Å². The van der Waals surface area contributed by atoms with Crippen LogP contribution in [0.15, 0.2) is 11.3 Å². The molecule has 0 heterocycles. The molecule has 0 aromatic rings. The van der Waals surface area contributed by atoms with Gasteiger partial charge in [0.05, 0.1) is 8.07 Å². The molecule has 0 unspecified atom stereocenters. The summed E-state index contributed by atoms with van der Waals surface area (Å²) in [6.45, 7) is 11.8. The predicted octanol–water partition coefficient (Wildman–Crippen LogP) is 5.17. The second-order valence-electron chi connectivity index (χ2n) is 5.23. The lowest BCUT2D eigenvalue weighted by atomic mass is 10.1. The summed E-state index contributed by atoms with van der Waals surface area (Å²) in [5, 5.41) is 1.76. The Morgan fingerprint density at radius 2 is 1.57 bits per heavy atom. The molecule has 0 saturated heterocycles. The van der Waals surface area contributed by atoms with Crippen molar-refractivity contribution in [3.63, 3.8) is 0 Å². The molecule has 0 aliphatic carbocycles. The Morgan fingerprint density at radius 1 is 1.00 bits per heavy atom. The highest BCUT2D eigenvalue weighted by Crippen LogP contribution is 2.21. The Hall–Kier alpha value is -0.0431. The smallest absolute Gasteiger partial charge is 0.0720 e. The number of hydrogen-bond donors (Lipinski definition) is 0. The van der Waals surface area contributed by atoms with Gasteiger partial charge in [-0.3, -0.25) is 0 Å². The van der Waals surface area contributed by atoms with Crippen LogP contribution in [-0.4, -0.2) is 8.07 Å². The van der Waals surface area contributed by atoms with E-state index in [2.05, 4.69) is 39.6 Å². The summed E-state index contributed by atoms with van der Waals surface area (Å²) in [4.78, 5) is 0. The lowest BCUT2D eigenvalue weighted by Gasteiger charge is -2.20. The van der Waals surface area contributed by atoms with Crippen molar-refractivity contribution >= 4 is 8.07 Å². The van der Waals surface area contributed by atoms with E-state index in [9.17, 15) is 0 Å². The van der Waals surface area contributed by atoms with Crippen LogP contribution in [0.5, 0.6) is 0 Å². The van der Waals surface area contributed by atoms with Gasteiger partial charge in [-0.2, -0.15) is 0 Å². The van der Waals surface area contributed by atoms with Crippen LogP contribution in [-0.2, 0) is 0 Å². The summed E-state index contributed by atoms with van der Waals surface area (Å²) >= 11 is 0. The Kier molecular flexibility index (Phi) is 7.25. The van der Waals surface area contributed by atoms with Crippen LogP contribution in [0, 0.1) is 0 Å². The van der Waals surface area contributed by atoms with Crippen molar-refractivity contribution in [1.82, 2.24) is 0 Å². The van der Waals surface area contributed by atoms with E-state index in [0.29, 0.717) is 0 Å². The highest BCUT2D eigenvalue weighted by atomic mass is 28.3. The van der Waals surface area contributed by atoms with E-state index in [1.807, 2.05) is 0 Å². The van der Waals surface area contributed by atoms with Crippen molar-refractivity contribution < 1.29 is 0 Å². The molecule has 0 aromatic carbocycles. The van der Waals surface area contributed by atoms with Crippen LogP contribution in [0.1, 0.15) is 52.4 Å². The fourth-order valence-electron chi connectivity index (χ4n) is 1.87. The molecule has 0 fully saturated rings. The minimum Gasteiger partial charge on any atom is -0.0923 e. The van der Waals surface area contributed by atoms with Crippen LogP contribution in [0.25, 0.3) is 0 Å². The molecule has 0 nitrogen and oxygen atoms in total. The quantitative estimate of drug-likeness (QED) is 0.403. The van der Waals surface area contributed by atoms with Gasteiger partial charge in [-0.05, 0) is 19.8 Å². The van der Waals surface area contributed by atoms with Gasteiger partial charge >= 0.3 is 0 Å². The highest BCUT2D eigenvalue weighted by Gasteiger charge is 2.17. The Morgan fingerprint density at radius 3 is 2.00 bits per heavy atom. The molecular formula is C13H28Si. The summed E-state index contributed by atoms with van der Waals surface area (Å²) in [6, 6.07) is 0. The van der Waals surface area contributed by atoms with E-state index in [1.165, 1.54) is 38.5 Å². The average molecular weight is 212 g/mol. The van der Waals surface area contributed by atoms with Gasteiger partial charge < -0.3 is 0 Å². The maximum atomic E-state index is 2.45. The van der Waals surface area contributed by atoms with Crippen molar-refractivity contribution in [2.75, 3.05) is 0 Å². The first-order valence-electron chi connectivity index (χ1n) is 6.18. The Labute approximate surface area is 91.8 Å². The zero-order chi connectivity index (χ0) is 11.0. The first-order valence-corrected chi connectivity index (χ1v) is 9.68. The van der Waals surface area contributed by atoms with Gasteiger partial charge in [0, 0.05) is 0 Å². The van der Waals surface area contributed by atoms with Crippen LogP contribution >= 0.6 is 0 Å². The Bertz CT molecular complexity index is 163. The van der Waals surface area contributed by atoms with E-state index >= 15 is 0 Å². The molecule has 0 aliphatic heterocycles. The number of unbranched alkanes of at least 4 members (excludes halogenated alkanes) is 4. The van der Waals surface area contributed by atoms with E-state index in [1.54, 1.807) is 5.20 Å². The summed E-state index contributed by atoms with van der Waals surface area (Å²) in [5.41, 5.74) is 0. The maximum Gasteiger partial charge on any atom is 0.0720 e. The van der Waals surface area contributed by atoms with E-state index in [-0.39, 0.29) is 0 Å². The average Bonchev–Trinajstić information content (AvgIpc) is 2.09. The molecule has 0 amide bonds. The van der Waals surface area contributed by atoms with Gasteiger partial charge in [-0.15, -0.1) is 0 Å². The van der Waals surface area contributed by atoms with E-state index < -0.39 is 8.07 Å². The molecule has 1 heteroatoms. The molecule has 0 N–H and O–H groups in total. The zero-order valence-corrected chi connectivity index (χ0v) is 11.8. The van der Waals surface area contributed by atoms with Crippen LogP contribution in [0.4, 0.5) is 0 Å². The first-order chi connectivity index (χ1) is 6.52. The molecular weight excluding hydrogens is 184 g/mol. The van der Waals surface area contributed by atoms with Crippen molar-refractivity contribution in [2.45, 2.75) is 72.0 Å². The summed E-state index contributed by atoms with van der Waals surface area (Å²) in [7, 11) is -0.994. The van der Waals surface area contributed by atoms with Crippen molar-refractivity contribution in [3.8, 4) is 0 Å². The maximum absolute atomic E-state index is 2.45. The van der Waals surface area contributed by atoms with Crippen LogP contribution in [0.2, 0.25) is 19.6 Å². The van der Waals surface area contributed by atoms with Crippen molar-refractivity contribution in [1.29, 1.82) is 0 Å². The molecule has 0 aromatic heterocycles. The zero-order valence-electron chi connectivity index (χ0n) is 10.8. The van der Waals surface area contributed by atoms with Crippen molar-refractivity contribution in [2.24, 2.45) is 0 Å². The van der Waals surface area contributed by atoms with E-state index in [0.717, 1.165) is 0 Å². The monoisotopic (exact) mass is 212 g/mol. The first kappa shape index (κ1) is 14.0. The van der Waals surface area contributed by atoms with Gasteiger partial charge in [0.15, 0.2) is 0 Å². The summed E-state index contributed by atoms with van der Waals surface area (Å²) < 4.78 is 0. The lowest BCUT2D eigenvalue weighted by Crippen LogP contribution is -2.23. The standard InChI is InChI=1S/C13H28Si/c1-6-8-9-10-11-12-13(7-2)14(3,4)5/h7H,6,8-12H2,1-5H3/b13-7-. The SMILES string of the molecule is C/C=C(/CCCCCCC)[Si](C)(C)C. The number of hydrogen-bond acceptors (Lipinski definition) is 0. The van der Waals surface area contributed by atoms with Gasteiger partial charge in [-0.25, -0.2) is 0 Å². The summed E-state index contributed by atoms with van der Waals surface area (Å²) in [6.07, 6.45) is 10.8. The fraction of sp³-hybridized carbons (Fsp3) is 0.846. The molecule has 0 bridgehead atoms. The van der Waals surface area contributed by atoms with Crippen LogP contribution < -0.4 is 0 Å². The fourth-order valence-corrected chi connectivity index (χ4v) is 3.66. The van der Waals surface area contributed by atoms with Gasteiger partial charge in [0.25, 0.3) is 0 Å². The molecule has 0 saturated carbocycles. The third-order valence-electron chi connectivity index (χ3n) is 2.86. The third-order valence-corrected chi connectivity index (χ3v) is 5.33. The molecule has 84 valence electrons. The second kappa shape index (κ2) is 7.28. The van der Waals surface area contributed by atoms with Crippen molar-refractivity contribution in [3.05, 3.63) is 11.3 Å². The lowest BCUT2D eigenvalue weighted by molar-refractivity contribution is 0.634.